The zero-order chi connectivity index (χ0) is 17.5. The van der Waals surface area contributed by atoms with Gasteiger partial charge in [0.15, 0.2) is 0 Å². The average Bonchev–Trinajstić information content (AvgIpc) is 2.60. The van der Waals surface area contributed by atoms with Gasteiger partial charge in [-0.15, -0.1) is 0 Å². The molecule has 0 saturated carbocycles. The lowest BCUT2D eigenvalue weighted by molar-refractivity contribution is -0.146. The average molecular weight is 337 g/mol. The standard InChI is InChI=1S/C16H20FN3O4/c1-2-24-16(23)20-9-7-19(8-10-20)15(22)14(21)18-11-12-3-5-13(17)6-4-12/h3-6H,2,7-11H2,1H3,(H,18,21). The quantitative estimate of drug-likeness (QED) is 0.825. The zero-order valence-electron chi connectivity index (χ0n) is 13.5. The van der Waals surface area contributed by atoms with E-state index in [1.54, 1.807) is 6.92 Å². The summed E-state index contributed by atoms with van der Waals surface area (Å²) in [5.41, 5.74) is 0.699. The second kappa shape index (κ2) is 8.28. The van der Waals surface area contributed by atoms with Crippen LogP contribution >= 0.6 is 0 Å². The largest absolute Gasteiger partial charge is 0.450 e. The number of nitrogens with one attached hydrogen (secondary N) is 1. The van der Waals surface area contributed by atoms with Crippen molar-refractivity contribution < 1.29 is 23.5 Å². The summed E-state index contributed by atoms with van der Waals surface area (Å²) < 4.78 is 17.7. The van der Waals surface area contributed by atoms with Gasteiger partial charge in [-0.25, -0.2) is 9.18 Å². The highest BCUT2D eigenvalue weighted by atomic mass is 19.1. The normalized spacial score (nSPS) is 14.2. The molecule has 1 N–H and O–H groups in total. The topological polar surface area (TPSA) is 79.0 Å². The van der Waals surface area contributed by atoms with Gasteiger partial charge < -0.3 is 19.9 Å². The van der Waals surface area contributed by atoms with E-state index in [0.717, 1.165) is 0 Å². The van der Waals surface area contributed by atoms with Crippen LogP contribution in [0.1, 0.15) is 12.5 Å². The van der Waals surface area contributed by atoms with E-state index < -0.39 is 17.9 Å². The number of ether oxygens (including phenoxy) is 1. The fourth-order valence-corrected chi connectivity index (χ4v) is 2.31. The van der Waals surface area contributed by atoms with Crippen molar-refractivity contribution in [2.75, 3.05) is 32.8 Å². The van der Waals surface area contributed by atoms with Crippen LogP contribution in [0, 0.1) is 5.82 Å². The molecule has 1 aromatic rings. The summed E-state index contributed by atoms with van der Waals surface area (Å²) in [6, 6.07) is 5.66. The van der Waals surface area contributed by atoms with Crippen molar-refractivity contribution in [2.45, 2.75) is 13.5 Å². The van der Waals surface area contributed by atoms with Gasteiger partial charge in [0.2, 0.25) is 0 Å². The van der Waals surface area contributed by atoms with Gasteiger partial charge in [0, 0.05) is 32.7 Å². The maximum atomic E-state index is 12.8. The van der Waals surface area contributed by atoms with Crippen molar-refractivity contribution in [3.63, 3.8) is 0 Å². The van der Waals surface area contributed by atoms with E-state index in [-0.39, 0.29) is 25.5 Å². The summed E-state index contributed by atoms with van der Waals surface area (Å²) >= 11 is 0. The minimum absolute atomic E-state index is 0.146. The number of hydrogen-bond donors (Lipinski definition) is 1. The molecule has 0 bridgehead atoms. The number of carbonyl (C=O) groups excluding carboxylic acids is 3. The number of amides is 3. The molecule has 1 fully saturated rings. The van der Waals surface area contributed by atoms with Gasteiger partial charge in [-0.3, -0.25) is 9.59 Å². The molecule has 1 aromatic carbocycles. The van der Waals surface area contributed by atoms with Gasteiger partial charge in [0.05, 0.1) is 6.61 Å². The van der Waals surface area contributed by atoms with Gasteiger partial charge in [-0.2, -0.15) is 0 Å². The minimum atomic E-state index is -0.719. The number of halogens is 1. The Bertz CT molecular complexity index is 598. The second-order valence-electron chi connectivity index (χ2n) is 5.29. The van der Waals surface area contributed by atoms with Gasteiger partial charge >= 0.3 is 17.9 Å². The van der Waals surface area contributed by atoms with Crippen molar-refractivity contribution in [2.24, 2.45) is 0 Å². The molecule has 2 rings (SSSR count). The van der Waals surface area contributed by atoms with E-state index in [0.29, 0.717) is 25.3 Å². The molecule has 3 amide bonds. The summed E-state index contributed by atoms with van der Waals surface area (Å²) in [7, 11) is 0. The van der Waals surface area contributed by atoms with Crippen molar-refractivity contribution >= 4 is 17.9 Å². The Kier molecular flexibility index (Phi) is 6.11. The molecular weight excluding hydrogens is 317 g/mol. The lowest BCUT2D eigenvalue weighted by atomic mass is 10.2. The highest BCUT2D eigenvalue weighted by Gasteiger charge is 2.28. The Morgan fingerprint density at radius 1 is 1.08 bits per heavy atom. The molecule has 130 valence electrons. The van der Waals surface area contributed by atoms with Crippen LogP contribution < -0.4 is 5.32 Å². The van der Waals surface area contributed by atoms with Crippen LogP contribution in [-0.2, 0) is 20.9 Å². The fourth-order valence-electron chi connectivity index (χ4n) is 2.31. The molecule has 1 aliphatic heterocycles. The molecule has 0 radical (unpaired) electrons. The minimum Gasteiger partial charge on any atom is -0.450 e. The molecule has 0 aliphatic carbocycles. The molecule has 1 aliphatic rings. The molecule has 8 heteroatoms. The van der Waals surface area contributed by atoms with Crippen LogP contribution in [0.3, 0.4) is 0 Å². The third kappa shape index (κ3) is 4.68. The van der Waals surface area contributed by atoms with Crippen molar-refractivity contribution in [1.82, 2.24) is 15.1 Å². The van der Waals surface area contributed by atoms with Crippen molar-refractivity contribution in [1.29, 1.82) is 0 Å². The van der Waals surface area contributed by atoms with Crippen LogP contribution in [0.2, 0.25) is 0 Å². The summed E-state index contributed by atoms with van der Waals surface area (Å²) in [5, 5.41) is 2.51. The SMILES string of the molecule is CCOC(=O)N1CCN(C(=O)C(=O)NCc2ccc(F)cc2)CC1. The predicted octanol–water partition coefficient (Wildman–Crippen LogP) is 0.743. The summed E-state index contributed by atoms with van der Waals surface area (Å²) in [6.07, 6.45) is -0.412. The molecule has 0 atom stereocenters. The number of piperazine rings is 1. The van der Waals surface area contributed by atoms with E-state index in [1.165, 1.54) is 34.1 Å². The maximum absolute atomic E-state index is 12.8. The molecular formula is C16H20FN3O4. The Balaban J connectivity index is 1.78. The number of nitrogens with zero attached hydrogens (tertiary/aromatic N) is 2. The molecule has 0 spiro atoms. The molecule has 7 nitrogen and oxygen atoms in total. The van der Waals surface area contributed by atoms with E-state index in [9.17, 15) is 18.8 Å². The first-order chi connectivity index (χ1) is 11.5. The first-order valence-corrected chi connectivity index (χ1v) is 7.74. The highest BCUT2D eigenvalue weighted by Crippen LogP contribution is 2.05. The van der Waals surface area contributed by atoms with Crippen LogP contribution in [0.5, 0.6) is 0 Å². The molecule has 0 aromatic heterocycles. The van der Waals surface area contributed by atoms with Crippen LogP contribution in [0.4, 0.5) is 9.18 Å². The second-order valence-corrected chi connectivity index (χ2v) is 5.29. The lowest BCUT2D eigenvalue weighted by Gasteiger charge is -2.33. The lowest BCUT2D eigenvalue weighted by Crippen LogP contribution is -2.53. The van der Waals surface area contributed by atoms with Crippen molar-refractivity contribution in [3.05, 3.63) is 35.6 Å². The highest BCUT2D eigenvalue weighted by molar-refractivity contribution is 6.35. The van der Waals surface area contributed by atoms with Gasteiger partial charge in [0.25, 0.3) is 0 Å². The third-order valence-electron chi connectivity index (χ3n) is 3.65. The Morgan fingerprint density at radius 3 is 2.25 bits per heavy atom. The Morgan fingerprint density at radius 2 is 1.67 bits per heavy atom. The van der Waals surface area contributed by atoms with E-state index in [1.807, 2.05) is 0 Å². The summed E-state index contributed by atoms with van der Waals surface area (Å²) in [4.78, 5) is 38.5. The van der Waals surface area contributed by atoms with Gasteiger partial charge in [-0.05, 0) is 24.6 Å². The van der Waals surface area contributed by atoms with Crippen LogP contribution in [0.15, 0.2) is 24.3 Å². The number of benzene rings is 1. The number of hydrogen-bond acceptors (Lipinski definition) is 4. The van der Waals surface area contributed by atoms with E-state index in [4.69, 9.17) is 4.74 Å². The zero-order valence-corrected chi connectivity index (χ0v) is 13.5. The van der Waals surface area contributed by atoms with E-state index >= 15 is 0 Å². The van der Waals surface area contributed by atoms with Crippen molar-refractivity contribution in [3.8, 4) is 0 Å². The predicted molar refractivity (Wildman–Crippen MR) is 83.4 cm³/mol. The van der Waals surface area contributed by atoms with E-state index in [2.05, 4.69) is 5.32 Å². The van der Waals surface area contributed by atoms with Crippen LogP contribution in [-0.4, -0.2) is 60.5 Å². The third-order valence-corrected chi connectivity index (χ3v) is 3.65. The molecule has 1 heterocycles. The monoisotopic (exact) mass is 337 g/mol. The molecule has 24 heavy (non-hydrogen) atoms. The molecule has 0 unspecified atom stereocenters. The number of rotatable bonds is 3. The Hall–Kier alpha value is -2.64. The first-order valence-electron chi connectivity index (χ1n) is 7.74. The van der Waals surface area contributed by atoms with Gasteiger partial charge in [-0.1, -0.05) is 12.1 Å². The summed E-state index contributed by atoms with van der Waals surface area (Å²) in [6.45, 7) is 3.38. The molecule has 1 saturated heterocycles. The van der Waals surface area contributed by atoms with Crippen LogP contribution in [0.25, 0.3) is 0 Å². The first kappa shape index (κ1) is 17.7. The fraction of sp³-hybridized carbons (Fsp3) is 0.438. The van der Waals surface area contributed by atoms with Gasteiger partial charge in [0.1, 0.15) is 5.82 Å². The summed E-state index contributed by atoms with van der Waals surface area (Å²) in [5.74, 6) is -1.72. The smallest absolute Gasteiger partial charge is 0.409 e. The number of carbonyl (C=O) groups is 3. The Labute approximate surface area is 139 Å². The maximum Gasteiger partial charge on any atom is 0.409 e.